The van der Waals surface area contributed by atoms with E-state index in [4.69, 9.17) is 4.74 Å². The van der Waals surface area contributed by atoms with Gasteiger partial charge in [0.1, 0.15) is 11.3 Å². The Hall–Kier alpha value is -1.45. The molecule has 0 saturated heterocycles. The second-order valence-electron chi connectivity index (χ2n) is 1.84. The fourth-order valence-electron chi connectivity index (χ4n) is 0.716. The van der Waals surface area contributed by atoms with Crippen molar-refractivity contribution in [3.8, 4) is 5.75 Å². The number of methoxy groups -OCH3 is 1. The lowest BCUT2D eigenvalue weighted by atomic mass is 10.3. The molecule has 1 aromatic heterocycles. The lowest BCUT2D eigenvalue weighted by Gasteiger charge is -2.01. The van der Waals surface area contributed by atoms with E-state index in [1.54, 1.807) is 0 Å². The highest BCUT2D eigenvalue weighted by Crippen LogP contribution is 2.16. The maximum Gasteiger partial charge on any atom is 0.227 e. The van der Waals surface area contributed by atoms with Gasteiger partial charge in [0.2, 0.25) is 5.95 Å². The first-order chi connectivity index (χ1) is 5.29. The minimum atomic E-state index is -0.806. The van der Waals surface area contributed by atoms with Crippen molar-refractivity contribution < 1.29 is 13.9 Å². The number of carbonyl (C=O) groups excluding carboxylic acids is 1. The maximum atomic E-state index is 12.6. The van der Waals surface area contributed by atoms with E-state index >= 15 is 0 Å². The first kappa shape index (κ1) is 7.65. The molecular formula is C7H6FNO2. The second kappa shape index (κ2) is 3.09. The van der Waals surface area contributed by atoms with E-state index in [1.807, 2.05) is 0 Å². The monoisotopic (exact) mass is 155 g/mol. The van der Waals surface area contributed by atoms with Gasteiger partial charge in [-0.15, -0.1) is 0 Å². The molecule has 0 aliphatic carbocycles. The summed E-state index contributed by atoms with van der Waals surface area (Å²) in [5, 5.41) is 0. The van der Waals surface area contributed by atoms with Gasteiger partial charge in [-0.25, -0.2) is 4.98 Å². The molecule has 1 aromatic rings. The van der Waals surface area contributed by atoms with Crippen LogP contribution in [-0.2, 0) is 0 Å². The van der Waals surface area contributed by atoms with E-state index < -0.39 is 5.95 Å². The quantitative estimate of drug-likeness (QED) is 0.473. The number of nitrogens with zero attached hydrogens (tertiary/aromatic N) is 1. The topological polar surface area (TPSA) is 39.2 Å². The summed E-state index contributed by atoms with van der Waals surface area (Å²) in [6.45, 7) is 0. The molecule has 1 rings (SSSR count). The number of pyridine rings is 1. The van der Waals surface area contributed by atoms with Gasteiger partial charge in [-0.05, 0) is 6.07 Å². The number of hydrogen-bond donors (Lipinski definition) is 0. The Bertz CT molecular complexity index is 275. The van der Waals surface area contributed by atoms with E-state index in [0.717, 1.165) is 0 Å². The minimum absolute atomic E-state index is 0.144. The molecule has 0 saturated carbocycles. The summed E-state index contributed by atoms with van der Waals surface area (Å²) >= 11 is 0. The van der Waals surface area contributed by atoms with Crippen molar-refractivity contribution in [2.75, 3.05) is 7.11 Å². The average Bonchev–Trinajstić information content (AvgIpc) is 2.04. The van der Waals surface area contributed by atoms with Crippen LogP contribution in [0.5, 0.6) is 5.75 Å². The molecule has 58 valence electrons. The maximum absolute atomic E-state index is 12.6. The van der Waals surface area contributed by atoms with Crippen molar-refractivity contribution in [3.63, 3.8) is 0 Å². The zero-order valence-corrected chi connectivity index (χ0v) is 5.87. The van der Waals surface area contributed by atoms with Gasteiger partial charge in [-0.2, -0.15) is 4.39 Å². The number of rotatable bonds is 2. The molecule has 0 amide bonds. The second-order valence-corrected chi connectivity index (χ2v) is 1.84. The molecule has 0 aliphatic heterocycles. The van der Waals surface area contributed by atoms with Crippen LogP contribution in [-0.4, -0.2) is 18.4 Å². The average molecular weight is 155 g/mol. The molecule has 11 heavy (non-hydrogen) atoms. The molecule has 0 fully saturated rings. The molecule has 4 heteroatoms. The van der Waals surface area contributed by atoms with E-state index in [0.29, 0.717) is 6.29 Å². The van der Waals surface area contributed by atoms with E-state index in [-0.39, 0.29) is 11.3 Å². The van der Waals surface area contributed by atoms with Gasteiger partial charge < -0.3 is 4.74 Å². The smallest absolute Gasteiger partial charge is 0.227 e. The van der Waals surface area contributed by atoms with Gasteiger partial charge in [0.25, 0.3) is 0 Å². The van der Waals surface area contributed by atoms with Gasteiger partial charge in [0.15, 0.2) is 6.29 Å². The first-order valence-electron chi connectivity index (χ1n) is 2.93. The number of aldehydes is 1. The van der Waals surface area contributed by atoms with Crippen molar-refractivity contribution in [2.24, 2.45) is 0 Å². The highest BCUT2D eigenvalue weighted by atomic mass is 19.1. The first-order valence-corrected chi connectivity index (χ1v) is 2.93. The summed E-state index contributed by atoms with van der Waals surface area (Å²) in [4.78, 5) is 13.5. The van der Waals surface area contributed by atoms with Gasteiger partial charge in [-0.1, -0.05) is 0 Å². The highest BCUT2D eigenvalue weighted by Gasteiger charge is 2.07. The van der Waals surface area contributed by atoms with Crippen LogP contribution in [0.25, 0.3) is 0 Å². The van der Waals surface area contributed by atoms with Crippen LogP contribution in [0.15, 0.2) is 12.3 Å². The highest BCUT2D eigenvalue weighted by molar-refractivity contribution is 5.78. The largest absolute Gasteiger partial charge is 0.496 e. The van der Waals surface area contributed by atoms with Crippen molar-refractivity contribution in [3.05, 3.63) is 23.8 Å². The fraction of sp³-hybridized carbons (Fsp3) is 0.143. The number of hydrogen-bond acceptors (Lipinski definition) is 3. The molecular weight excluding hydrogens is 149 g/mol. The Labute approximate surface area is 62.8 Å². The predicted molar refractivity (Wildman–Crippen MR) is 36.1 cm³/mol. The lowest BCUT2D eigenvalue weighted by molar-refractivity contribution is 0.111. The van der Waals surface area contributed by atoms with Crippen LogP contribution >= 0.6 is 0 Å². The van der Waals surface area contributed by atoms with Gasteiger partial charge in [-0.3, -0.25) is 4.79 Å². The Morgan fingerprint density at radius 3 is 2.91 bits per heavy atom. The van der Waals surface area contributed by atoms with Gasteiger partial charge in [0, 0.05) is 6.20 Å². The molecule has 1 heterocycles. The molecule has 0 bridgehead atoms. The van der Waals surface area contributed by atoms with E-state index in [2.05, 4.69) is 4.98 Å². The summed E-state index contributed by atoms with van der Waals surface area (Å²) in [6.07, 6.45) is 1.61. The van der Waals surface area contributed by atoms with Crippen molar-refractivity contribution in [1.29, 1.82) is 0 Å². The van der Waals surface area contributed by atoms with Crippen molar-refractivity contribution in [1.82, 2.24) is 4.98 Å². The van der Waals surface area contributed by atoms with Crippen LogP contribution < -0.4 is 4.74 Å². The third kappa shape index (κ3) is 1.34. The van der Waals surface area contributed by atoms with Crippen LogP contribution in [0.4, 0.5) is 4.39 Å². The van der Waals surface area contributed by atoms with Gasteiger partial charge >= 0.3 is 0 Å². The van der Waals surface area contributed by atoms with Crippen molar-refractivity contribution >= 4 is 6.29 Å². The fourth-order valence-corrected chi connectivity index (χ4v) is 0.716. The number of ether oxygens (including phenoxy) is 1. The molecule has 0 spiro atoms. The normalized spacial score (nSPS) is 9.27. The number of halogens is 1. The zero-order valence-electron chi connectivity index (χ0n) is 5.87. The molecule has 0 unspecified atom stereocenters. The summed E-state index contributed by atoms with van der Waals surface area (Å²) in [5.41, 5.74) is -0.144. The molecule has 0 aromatic carbocycles. The summed E-state index contributed by atoms with van der Waals surface area (Å²) < 4.78 is 17.3. The molecule has 0 atom stereocenters. The molecule has 3 nitrogen and oxygen atoms in total. The summed E-state index contributed by atoms with van der Waals surface area (Å²) in [7, 11) is 1.36. The SMILES string of the molecule is COc1ccnc(F)c1C=O. The lowest BCUT2D eigenvalue weighted by Crippen LogP contribution is -1.96. The van der Waals surface area contributed by atoms with Crippen LogP contribution in [0, 0.1) is 5.95 Å². The minimum Gasteiger partial charge on any atom is -0.496 e. The van der Waals surface area contributed by atoms with E-state index in [9.17, 15) is 9.18 Å². The predicted octanol–water partition coefficient (Wildman–Crippen LogP) is 1.04. The Kier molecular flexibility index (Phi) is 2.15. The summed E-state index contributed by atoms with van der Waals surface area (Å²) in [5.74, 6) is -0.605. The Morgan fingerprint density at radius 1 is 1.73 bits per heavy atom. The van der Waals surface area contributed by atoms with Crippen LogP contribution in [0.1, 0.15) is 10.4 Å². The number of aromatic nitrogens is 1. The van der Waals surface area contributed by atoms with Gasteiger partial charge in [0.05, 0.1) is 7.11 Å². The zero-order chi connectivity index (χ0) is 8.27. The summed E-state index contributed by atoms with van der Waals surface area (Å²) in [6, 6.07) is 1.42. The van der Waals surface area contributed by atoms with E-state index in [1.165, 1.54) is 19.4 Å². The molecule has 0 radical (unpaired) electrons. The third-order valence-corrected chi connectivity index (χ3v) is 1.24. The molecule has 0 aliphatic rings. The van der Waals surface area contributed by atoms with Crippen LogP contribution in [0.2, 0.25) is 0 Å². The standard InChI is InChI=1S/C7H6FNO2/c1-11-6-2-3-9-7(8)5(6)4-10/h2-4H,1H3. The Morgan fingerprint density at radius 2 is 2.45 bits per heavy atom. The van der Waals surface area contributed by atoms with Crippen LogP contribution in [0.3, 0.4) is 0 Å². The molecule has 0 N–H and O–H groups in total. The van der Waals surface area contributed by atoms with Crippen molar-refractivity contribution in [2.45, 2.75) is 0 Å². The number of carbonyl (C=O) groups is 1. The third-order valence-electron chi connectivity index (χ3n) is 1.24. The Balaban J connectivity index is 3.24.